The number of hydrogen-bond donors (Lipinski definition) is 3. The third-order valence-electron chi connectivity index (χ3n) is 4.25. The van der Waals surface area contributed by atoms with E-state index in [4.69, 9.17) is 5.11 Å². The Morgan fingerprint density at radius 3 is 1.84 bits per heavy atom. The fourth-order valence-electron chi connectivity index (χ4n) is 2.82. The second kappa shape index (κ2) is 7.48. The molecule has 5 nitrogen and oxygen atoms in total. The summed E-state index contributed by atoms with van der Waals surface area (Å²) in [6, 6.07) is 0. The van der Waals surface area contributed by atoms with Gasteiger partial charge in [-0.25, -0.2) is 4.79 Å². The van der Waals surface area contributed by atoms with Crippen molar-refractivity contribution in [3.63, 3.8) is 0 Å². The number of hydrogen-bond acceptors (Lipinski definition) is 3. The molecule has 0 saturated carbocycles. The van der Waals surface area contributed by atoms with Crippen LogP contribution in [-0.2, 0) is 9.59 Å². The summed E-state index contributed by atoms with van der Waals surface area (Å²) in [5.41, 5.74) is -3.08. The van der Waals surface area contributed by atoms with Crippen molar-refractivity contribution >= 4 is 11.9 Å². The summed E-state index contributed by atoms with van der Waals surface area (Å²) in [4.78, 5) is 22.3. The Bertz CT molecular complexity index is 309. The van der Waals surface area contributed by atoms with E-state index in [-0.39, 0.29) is 0 Å². The molecule has 5 heteroatoms. The van der Waals surface area contributed by atoms with E-state index in [9.17, 15) is 19.8 Å². The smallest absolute Gasteiger partial charge is 0.336 e. The van der Waals surface area contributed by atoms with Crippen molar-refractivity contribution in [2.45, 2.75) is 71.3 Å². The van der Waals surface area contributed by atoms with Gasteiger partial charge in [0, 0.05) is 5.41 Å². The first-order chi connectivity index (χ1) is 8.79. The van der Waals surface area contributed by atoms with E-state index in [0.717, 1.165) is 19.3 Å². The summed E-state index contributed by atoms with van der Waals surface area (Å²) in [5.74, 6) is -2.72. The van der Waals surface area contributed by atoms with Gasteiger partial charge in [0.05, 0.1) is 6.42 Å². The van der Waals surface area contributed by atoms with Gasteiger partial charge >= 0.3 is 11.9 Å². The van der Waals surface area contributed by atoms with Crippen LogP contribution in [0.4, 0.5) is 0 Å². The van der Waals surface area contributed by atoms with E-state index in [2.05, 4.69) is 0 Å². The minimum absolute atomic E-state index is 0.448. The molecule has 3 N–H and O–H groups in total. The van der Waals surface area contributed by atoms with Crippen molar-refractivity contribution in [2.75, 3.05) is 0 Å². The van der Waals surface area contributed by atoms with E-state index < -0.39 is 29.4 Å². The van der Waals surface area contributed by atoms with Crippen LogP contribution in [0, 0.1) is 5.41 Å². The zero-order chi connectivity index (χ0) is 15.1. The molecule has 0 amide bonds. The normalized spacial score (nSPS) is 14.9. The Hall–Kier alpha value is -1.10. The number of rotatable bonds is 10. The number of unbranched alkanes of at least 4 members (excludes halogenated alkanes) is 2. The average Bonchev–Trinajstić information content (AvgIpc) is 2.34. The zero-order valence-electron chi connectivity index (χ0n) is 12.1. The van der Waals surface area contributed by atoms with Crippen molar-refractivity contribution in [2.24, 2.45) is 5.41 Å². The highest BCUT2D eigenvalue weighted by molar-refractivity contribution is 5.84. The van der Waals surface area contributed by atoms with Gasteiger partial charge in [0.2, 0.25) is 0 Å². The summed E-state index contributed by atoms with van der Waals surface area (Å²) >= 11 is 0. The number of aliphatic hydroxyl groups is 1. The van der Waals surface area contributed by atoms with Gasteiger partial charge in [-0.05, 0) is 19.3 Å². The summed E-state index contributed by atoms with van der Waals surface area (Å²) in [6.07, 6.45) is 3.42. The second-order valence-electron chi connectivity index (χ2n) is 5.18. The number of aliphatic carboxylic acids is 2. The molecule has 0 saturated heterocycles. The summed E-state index contributed by atoms with van der Waals surface area (Å²) in [7, 11) is 0. The predicted octanol–water partition coefficient (Wildman–Crippen LogP) is 2.66. The zero-order valence-corrected chi connectivity index (χ0v) is 12.1. The Balaban J connectivity index is 5.36. The lowest BCUT2D eigenvalue weighted by molar-refractivity contribution is -0.185. The molecule has 0 aliphatic rings. The first-order valence-corrected chi connectivity index (χ1v) is 6.97. The fourth-order valence-corrected chi connectivity index (χ4v) is 2.82. The maximum atomic E-state index is 11.4. The summed E-state index contributed by atoms with van der Waals surface area (Å²) < 4.78 is 0. The topological polar surface area (TPSA) is 94.8 Å². The minimum Gasteiger partial charge on any atom is -0.481 e. The SMILES string of the molecule is CCCCCC(CC)(CC)C(O)(CC(=O)O)C(=O)O. The van der Waals surface area contributed by atoms with E-state index in [1.807, 2.05) is 20.8 Å². The highest BCUT2D eigenvalue weighted by Crippen LogP contribution is 2.45. The summed E-state index contributed by atoms with van der Waals surface area (Å²) in [6.45, 7) is 5.66. The van der Waals surface area contributed by atoms with Gasteiger partial charge < -0.3 is 15.3 Å². The largest absolute Gasteiger partial charge is 0.481 e. The van der Waals surface area contributed by atoms with Gasteiger partial charge in [0.1, 0.15) is 0 Å². The van der Waals surface area contributed by atoms with Crippen LogP contribution in [0.5, 0.6) is 0 Å². The van der Waals surface area contributed by atoms with Crippen LogP contribution in [0.1, 0.15) is 65.7 Å². The molecular formula is C14H26O5. The molecule has 0 aromatic rings. The van der Waals surface area contributed by atoms with Gasteiger partial charge in [-0.15, -0.1) is 0 Å². The van der Waals surface area contributed by atoms with Crippen LogP contribution in [0.2, 0.25) is 0 Å². The van der Waals surface area contributed by atoms with Crippen molar-refractivity contribution in [3.8, 4) is 0 Å². The van der Waals surface area contributed by atoms with Gasteiger partial charge in [-0.3, -0.25) is 4.79 Å². The van der Waals surface area contributed by atoms with E-state index in [1.165, 1.54) is 0 Å². The van der Waals surface area contributed by atoms with E-state index in [0.29, 0.717) is 19.3 Å². The molecule has 0 aromatic carbocycles. The molecule has 0 radical (unpaired) electrons. The first-order valence-electron chi connectivity index (χ1n) is 6.97. The molecule has 0 aliphatic heterocycles. The lowest BCUT2D eigenvalue weighted by atomic mass is 9.63. The number of carbonyl (C=O) groups is 2. The Labute approximate surface area is 114 Å². The fraction of sp³-hybridized carbons (Fsp3) is 0.857. The van der Waals surface area contributed by atoms with Gasteiger partial charge in [-0.2, -0.15) is 0 Å². The van der Waals surface area contributed by atoms with Gasteiger partial charge in [0.15, 0.2) is 5.60 Å². The first kappa shape index (κ1) is 17.9. The molecule has 1 atom stereocenters. The maximum absolute atomic E-state index is 11.4. The highest BCUT2D eigenvalue weighted by atomic mass is 16.4. The Kier molecular flexibility index (Phi) is 7.05. The lowest BCUT2D eigenvalue weighted by Crippen LogP contribution is -2.55. The number of carboxylic acids is 2. The molecule has 0 aromatic heterocycles. The lowest BCUT2D eigenvalue weighted by Gasteiger charge is -2.43. The molecule has 0 fully saturated rings. The standard InChI is InChI=1S/C14H26O5/c1-4-7-8-9-13(5-2,6-3)14(19,12(17)18)10-11(15)16/h19H,4-10H2,1-3H3,(H,15,16)(H,17,18). The van der Waals surface area contributed by atoms with Crippen molar-refractivity contribution < 1.29 is 24.9 Å². The van der Waals surface area contributed by atoms with Crippen molar-refractivity contribution in [3.05, 3.63) is 0 Å². The number of carboxylic acid groups (broad SMARTS) is 2. The second-order valence-corrected chi connectivity index (χ2v) is 5.18. The van der Waals surface area contributed by atoms with Crippen LogP contribution >= 0.6 is 0 Å². The third-order valence-corrected chi connectivity index (χ3v) is 4.25. The molecular weight excluding hydrogens is 248 g/mol. The van der Waals surface area contributed by atoms with Crippen molar-refractivity contribution in [1.82, 2.24) is 0 Å². The van der Waals surface area contributed by atoms with Gasteiger partial charge in [0.25, 0.3) is 0 Å². The molecule has 1 unspecified atom stereocenters. The highest BCUT2D eigenvalue weighted by Gasteiger charge is 2.54. The summed E-state index contributed by atoms with van der Waals surface area (Å²) in [5, 5.41) is 28.7. The van der Waals surface area contributed by atoms with Crippen LogP contribution in [0.15, 0.2) is 0 Å². The quantitative estimate of drug-likeness (QED) is 0.532. The van der Waals surface area contributed by atoms with Crippen LogP contribution in [0.3, 0.4) is 0 Å². The molecule has 0 aliphatic carbocycles. The molecule has 0 spiro atoms. The van der Waals surface area contributed by atoms with Crippen LogP contribution in [0.25, 0.3) is 0 Å². The molecule has 112 valence electrons. The van der Waals surface area contributed by atoms with Crippen LogP contribution < -0.4 is 0 Å². The predicted molar refractivity (Wildman–Crippen MR) is 72.0 cm³/mol. The molecule has 0 heterocycles. The Morgan fingerprint density at radius 2 is 1.53 bits per heavy atom. The monoisotopic (exact) mass is 274 g/mol. The molecule has 0 bridgehead atoms. The third kappa shape index (κ3) is 3.93. The molecule has 19 heavy (non-hydrogen) atoms. The average molecular weight is 274 g/mol. The van der Waals surface area contributed by atoms with Gasteiger partial charge in [-0.1, -0.05) is 40.0 Å². The van der Waals surface area contributed by atoms with E-state index >= 15 is 0 Å². The van der Waals surface area contributed by atoms with E-state index in [1.54, 1.807) is 0 Å². The van der Waals surface area contributed by atoms with Crippen molar-refractivity contribution in [1.29, 1.82) is 0 Å². The van der Waals surface area contributed by atoms with Crippen LogP contribution in [-0.4, -0.2) is 32.9 Å². The Morgan fingerprint density at radius 1 is 1.00 bits per heavy atom. The molecule has 0 rings (SSSR count). The minimum atomic E-state index is -2.20. The maximum Gasteiger partial charge on any atom is 0.336 e.